The van der Waals surface area contributed by atoms with Crippen LogP contribution < -0.4 is 43.0 Å². The molecule has 23 heteroatoms. The Kier molecular flexibility index (Phi) is 19.5. The third-order valence-electron chi connectivity index (χ3n) is 8.26. The van der Waals surface area contributed by atoms with E-state index in [4.69, 9.17) is 10.8 Å². The van der Waals surface area contributed by atoms with E-state index in [1.807, 2.05) is 0 Å². The molecular formula is C35H50N10O13. The molecule has 1 aromatic carbocycles. The van der Waals surface area contributed by atoms with E-state index in [0.717, 1.165) is 13.8 Å². The van der Waals surface area contributed by atoms with Crippen molar-refractivity contribution >= 4 is 53.1 Å². The van der Waals surface area contributed by atoms with Gasteiger partial charge in [-0.1, -0.05) is 30.3 Å². The van der Waals surface area contributed by atoms with Gasteiger partial charge in [-0.2, -0.15) is 0 Å². The summed E-state index contributed by atoms with van der Waals surface area (Å²) >= 11 is 0. The van der Waals surface area contributed by atoms with E-state index in [2.05, 4.69) is 47.2 Å². The summed E-state index contributed by atoms with van der Waals surface area (Å²) < 4.78 is 0. The van der Waals surface area contributed by atoms with Crippen molar-refractivity contribution < 1.29 is 63.6 Å². The number of H-pyrrole nitrogens is 1. The minimum atomic E-state index is -1.81. The van der Waals surface area contributed by atoms with Crippen LogP contribution >= 0.6 is 0 Å². The molecule has 1 aromatic heterocycles. The Hall–Kier alpha value is -6.30. The van der Waals surface area contributed by atoms with Gasteiger partial charge in [0.2, 0.25) is 41.4 Å². The number of imidazole rings is 1. The molecule has 0 aliphatic rings. The van der Waals surface area contributed by atoms with Gasteiger partial charge in [0.25, 0.3) is 0 Å². The number of benzene rings is 1. The maximum Gasteiger partial charge on any atom is 0.305 e. The zero-order chi connectivity index (χ0) is 43.5. The third kappa shape index (κ3) is 16.4. The summed E-state index contributed by atoms with van der Waals surface area (Å²) in [4.78, 5) is 120. The quantitative estimate of drug-likeness (QED) is 0.0469. The van der Waals surface area contributed by atoms with Crippen LogP contribution in [0.5, 0.6) is 0 Å². The van der Waals surface area contributed by atoms with Crippen LogP contribution in [0, 0.1) is 0 Å². The number of aliphatic hydroxyl groups is 3. The van der Waals surface area contributed by atoms with Crippen LogP contribution in [0.1, 0.15) is 38.4 Å². The second kappa shape index (κ2) is 23.7. The number of aliphatic carboxylic acids is 1. The lowest BCUT2D eigenvalue weighted by molar-refractivity contribution is -0.140. The number of nitrogens with one attached hydrogen (secondary N) is 8. The number of aromatic nitrogens is 2. The number of carbonyl (C=O) groups excluding carboxylic acids is 8. The Bertz CT molecular complexity index is 1740. The van der Waals surface area contributed by atoms with Crippen molar-refractivity contribution in [1.82, 2.24) is 47.2 Å². The van der Waals surface area contributed by atoms with E-state index in [1.54, 1.807) is 30.3 Å². The largest absolute Gasteiger partial charge is 0.481 e. The molecule has 58 heavy (non-hydrogen) atoms. The molecule has 0 aliphatic heterocycles. The number of carboxylic acids is 1. The Morgan fingerprint density at radius 2 is 1.26 bits per heavy atom. The summed E-state index contributed by atoms with van der Waals surface area (Å²) in [5.74, 6) is -8.93. The first-order valence-corrected chi connectivity index (χ1v) is 17.8. The van der Waals surface area contributed by atoms with Gasteiger partial charge >= 0.3 is 5.97 Å². The standard InChI is InChI=1S/C35H50N10O13/c1-17(47)23(11-28(52)53)41-33(56)25(15-46)43-35(58)30(19(3)49)45-32(55)24(9-20-7-5-4-6-8-20)42-34(57)29(18(2)48)44-27(51)14-38-26(50)13-39-31(54)22(36)10-21-12-37-16-40-21/h4-8,12,16,18-19,22-25,29-30,46,48-49H,9-11,13-15,36H2,1-3H3,(H,37,40)(H,38,50)(H,39,54)(H,41,56)(H,42,57)(H,43,58)(H,44,51)(H,45,55)(H,52,53)/t18-,19-,22+,23+,24+,25+,29+,30+/m1/s1. The lowest BCUT2D eigenvalue weighted by Crippen LogP contribution is -2.62. The molecule has 7 amide bonds. The normalized spacial score (nSPS) is 15.0. The molecule has 0 saturated heterocycles. The van der Waals surface area contributed by atoms with Gasteiger partial charge in [-0.25, -0.2) is 4.98 Å². The number of carboxylic acid groups (broad SMARTS) is 1. The number of Topliss-reactive ketones (excluding diaryl/α,β-unsaturated/α-hetero) is 1. The van der Waals surface area contributed by atoms with Crippen molar-refractivity contribution in [3.8, 4) is 0 Å². The van der Waals surface area contributed by atoms with E-state index in [-0.39, 0.29) is 12.8 Å². The Labute approximate surface area is 331 Å². The highest BCUT2D eigenvalue weighted by atomic mass is 16.4. The van der Waals surface area contributed by atoms with Crippen molar-refractivity contribution in [3.05, 3.63) is 54.1 Å². The second-order valence-electron chi connectivity index (χ2n) is 13.2. The maximum absolute atomic E-state index is 13.7. The van der Waals surface area contributed by atoms with Gasteiger partial charge in [0.05, 0.1) is 56.7 Å². The van der Waals surface area contributed by atoms with Crippen LogP contribution in [0.3, 0.4) is 0 Å². The Morgan fingerprint density at radius 3 is 1.79 bits per heavy atom. The van der Waals surface area contributed by atoms with Crippen LogP contribution in [0.25, 0.3) is 0 Å². The first-order chi connectivity index (χ1) is 27.3. The minimum absolute atomic E-state index is 0.122. The lowest BCUT2D eigenvalue weighted by atomic mass is 10.0. The average Bonchev–Trinajstić information content (AvgIpc) is 3.68. The molecule has 23 nitrogen and oxygen atoms in total. The topological polar surface area (TPSA) is 373 Å². The van der Waals surface area contributed by atoms with Crippen molar-refractivity contribution in [1.29, 1.82) is 0 Å². The van der Waals surface area contributed by atoms with Crippen LogP contribution in [0.15, 0.2) is 42.9 Å². The predicted molar refractivity (Wildman–Crippen MR) is 199 cm³/mol. The summed E-state index contributed by atoms with van der Waals surface area (Å²) in [5, 5.41) is 55.4. The second-order valence-corrected chi connectivity index (χ2v) is 13.2. The van der Waals surface area contributed by atoms with Crippen LogP contribution in [0.4, 0.5) is 0 Å². The summed E-state index contributed by atoms with van der Waals surface area (Å²) in [7, 11) is 0. The molecule has 8 atom stereocenters. The SMILES string of the molecule is CC(=O)[C@H](CC(=O)O)NC(=O)[C@H](CO)NC(=O)[C@@H](NC(=O)[C@H](Cc1ccccc1)NC(=O)[C@@H](NC(=O)CNC(=O)CNC(=O)[C@@H](N)Cc1cnc[nH]1)[C@@H](C)O)[C@@H](C)O. The molecule has 2 rings (SSSR count). The fraction of sp³-hybridized carbons (Fsp3) is 0.486. The minimum Gasteiger partial charge on any atom is -0.481 e. The molecule has 2 aromatic rings. The zero-order valence-corrected chi connectivity index (χ0v) is 31.9. The van der Waals surface area contributed by atoms with Crippen molar-refractivity contribution in [2.45, 2.75) is 88.5 Å². The predicted octanol–water partition coefficient (Wildman–Crippen LogP) is -6.00. The van der Waals surface area contributed by atoms with E-state index < -0.39 is 128 Å². The molecule has 0 unspecified atom stereocenters. The number of ketones is 1. The molecule has 0 bridgehead atoms. The third-order valence-corrected chi connectivity index (χ3v) is 8.26. The molecule has 0 fully saturated rings. The number of hydrogen-bond acceptors (Lipinski definition) is 14. The molecule has 0 radical (unpaired) electrons. The molecule has 1 heterocycles. The van der Waals surface area contributed by atoms with Gasteiger partial charge in [-0.15, -0.1) is 0 Å². The highest BCUT2D eigenvalue weighted by molar-refractivity contribution is 5.97. The van der Waals surface area contributed by atoms with Gasteiger partial charge in [-0.3, -0.25) is 43.2 Å². The van der Waals surface area contributed by atoms with Gasteiger partial charge < -0.3 is 68.4 Å². The van der Waals surface area contributed by atoms with Crippen LogP contribution in [0.2, 0.25) is 0 Å². The zero-order valence-electron chi connectivity index (χ0n) is 31.9. The Balaban J connectivity index is 2.11. The summed E-state index contributed by atoms with van der Waals surface area (Å²) in [5.41, 5.74) is 6.93. The van der Waals surface area contributed by atoms with E-state index in [9.17, 15) is 58.5 Å². The number of carbonyl (C=O) groups is 9. The summed E-state index contributed by atoms with van der Waals surface area (Å²) in [6, 6.07) is -1.06. The number of aromatic amines is 1. The van der Waals surface area contributed by atoms with Crippen molar-refractivity contribution in [2.75, 3.05) is 19.7 Å². The number of rotatable bonds is 24. The lowest BCUT2D eigenvalue weighted by Gasteiger charge is -2.28. The molecule has 14 N–H and O–H groups in total. The molecule has 0 saturated carbocycles. The molecule has 0 spiro atoms. The van der Waals surface area contributed by atoms with E-state index in [1.165, 1.54) is 19.4 Å². The van der Waals surface area contributed by atoms with Gasteiger partial charge in [0.1, 0.15) is 24.2 Å². The smallest absolute Gasteiger partial charge is 0.305 e. The number of amides is 7. The van der Waals surface area contributed by atoms with Gasteiger partial charge in [0.15, 0.2) is 5.78 Å². The number of nitrogens with zero attached hydrogens (tertiary/aromatic N) is 1. The molecule has 318 valence electrons. The highest BCUT2D eigenvalue weighted by Gasteiger charge is 2.35. The maximum atomic E-state index is 13.7. The first kappa shape index (κ1) is 47.9. The number of nitrogens with two attached hydrogens (primary N) is 1. The first-order valence-electron chi connectivity index (χ1n) is 17.8. The van der Waals surface area contributed by atoms with Crippen molar-refractivity contribution in [2.24, 2.45) is 5.73 Å². The fourth-order valence-electron chi connectivity index (χ4n) is 5.07. The van der Waals surface area contributed by atoms with Crippen LogP contribution in [-0.2, 0) is 56.0 Å². The highest BCUT2D eigenvalue weighted by Crippen LogP contribution is 2.07. The van der Waals surface area contributed by atoms with Crippen LogP contribution in [-0.4, -0.2) is 152 Å². The van der Waals surface area contributed by atoms with Gasteiger partial charge in [0, 0.05) is 24.7 Å². The number of hydrogen-bond donors (Lipinski definition) is 13. The molecule has 0 aliphatic carbocycles. The van der Waals surface area contributed by atoms with Crippen molar-refractivity contribution in [3.63, 3.8) is 0 Å². The van der Waals surface area contributed by atoms with E-state index >= 15 is 0 Å². The molecular weight excluding hydrogens is 768 g/mol. The number of aliphatic hydroxyl groups excluding tert-OH is 3. The fourth-order valence-corrected chi connectivity index (χ4v) is 5.07. The Morgan fingerprint density at radius 1 is 0.707 bits per heavy atom. The average molecular weight is 819 g/mol. The van der Waals surface area contributed by atoms with Gasteiger partial charge in [-0.05, 0) is 26.3 Å². The summed E-state index contributed by atoms with van der Waals surface area (Å²) in [6.45, 7) is 1.05. The summed E-state index contributed by atoms with van der Waals surface area (Å²) in [6.07, 6.45) is -1.16. The monoisotopic (exact) mass is 818 g/mol. The van der Waals surface area contributed by atoms with E-state index in [0.29, 0.717) is 11.3 Å².